The van der Waals surface area contributed by atoms with Gasteiger partial charge in [-0.3, -0.25) is 5.43 Å². The lowest BCUT2D eigenvalue weighted by Crippen LogP contribution is -2.14. The number of fused-ring (bicyclic) bond motifs is 1. The van der Waals surface area contributed by atoms with Crippen LogP contribution in [0.15, 0.2) is 46.7 Å². The van der Waals surface area contributed by atoms with Crippen molar-refractivity contribution in [3.05, 3.63) is 41.8 Å². The Morgan fingerprint density at radius 1 is 1.07 bits per heavy atom. The Labute approximate surface area is 90.7 Å². The van der Waals surface area contributed by atoms with E-state index in [-0.39, 0.29) is 0 Å². The molecule has 0 saturated carbocycles. The van der Waals surface area contributed by atoms with Crippen LogP contribution in [0.5, 0.6) is 0 Å². The Kier molecular flexibility index (Phi) is 1.89. The third kappa shape index (κ3) is 1.27. The molecule has 0 radical (unpaired) electrons. The Morgan fingerprint density at radius 3 is 2.79 bits per heavy atom. The molecule has 4 heteroatoms. The Balaban J connectivity index is 1.92. The number of hydrogen-bond donors (Lipinski definition) is 1. The molecule has 0 saturated heterocycles. The standard InChI is InChI=1S/C10H8N2S2/c1-2-5-9-8(4-1)11-12(14-9)10-6-3-7-13-10/h1-7,11H. The molecule has 1 aliphatic rings. The van der Waals surface area contributed by atoms with Crippen molar-refractivity contribution < 1.29 is 0 Å². The van der Waals surface area contributed by atoms with E-state index in [1.54, 1.807) is 23.3 Å². The number of para-hydroxylation sites is 1. The van der Waals surface area contributed by atoms with E-state index in [2.05, 4.69) is 45.6 Å². The van der Waals surface area contributed by atoms with Crippen LogP contribution in [0.1, 0.15) is 0 Å². The zero-order valence-electron chi connectivity index (χ0n) is 7.31. The van der Waals surface area contributed by atoms with Crippen LogP contribution in [0, 0.1) is 0 Å². The van der Waals surface area contributed by atoms with Crippen molar-refractivity contribution >= 4 is 34.0 Å². The molecule has 2 heterocycles. The lowest BCUT2D eigenvalue weighted by Gasteiger charge is -2.13. The molecular formula is C10H8N2S2. The highest BCUT2D eigenvalue weighted by atomic mass is 32.2. The Morgan fingerprint density at radius 2 is 2.00 bits per heavy atom. The Bertz CT molecular complexity index is 414. The van der Waals surface area contributed by atoms with Crippen molar-refractivity contribution in [3.63, 3.8) is 0 Å². The first kappa shape index (κ1) is 8.20. The monoisotopic (exact) mass is 220 g/mol. The van der Waals surface area contributed by atoms with Crippen molar-refractivity contribution in [2.75, 3.05) is 9.84 Å². The first-order chi connectivity index (χ1) is 6.93. The smallest absolute Gasteiger partial charge is 0.123 e. The molecule has 2 nitrogen and oxygen atoms in total. The van der Waals surface area contributed by atoms with Gasteiger partial charge >= 0.3 is 0 Å². The molecule has 0 unspecified atom stereocenters. The van der Waals surface area contributed by atoms with E-state index >= 15 is 0 Å². The van der Waals surface area contributed by atoms with Crippen molar-refractivity contribution in [2.24, 2.45) is 0 Å². The minimum Gasteiger partial charge on any atom is -0.286 e. The van der Waals surface area contributed by atoms with E-state index in [9.17, 15) is 0 Å². The predicted octanol–water partition coefficient (Wildman–Crippen LogP) is 3.60. The highest BCUT2D eigenvalue weighted by Crippen LogP contribution is 2.41. The minimum absolute atomic E-state index is 1.19. The second-order valence-corrected chi connectivity index (χ2v) is 4.86. The summed E-state index contributed by atoms with van der Waals surface area (Å²) in [5, 5.41) is 3.31. The van der Waals surface area contributed by atoms with Gasteiger partial charge in [-0.1, -0.05) is 12.1 Å². The number of nitrogens with one attached hydrogen (secondary N) is 1. The fraction of sp³-hybridized carbons (Fsp3) is 0. The van der Waals surface area contributed by atoms with E-state index in [4.69, 9.17) is 0 Å². The third-order valence-corrected chi connectivity index (χ3v) is 4.00. The largest absolute Gasteiger partial charge is 0.286 e. The van der Waals surface area contributed by atoms with Crippen LogP contribution in [0.4, 0.5) is 10.7 Å². The average Bonchev–Trinajstić information content (AvgIpc) is 2.86. The third-order valence-electron chi connectivity index (χ3n) is 2.01. The molecule has 0 atom stereocenters. The first-order valence-corrected chi connectivity index (χ1v) is 5.96. The van der Waals surface area contributed by atoms with Gasteiger partial charge in [0.15, 0.2) is 0 Å². The quantitative estimate of drug-likeness (QED) is 0.739. The van der Waals surface area contributed by atoms with Crippen LogP contribution >= 0.6 is 23.3 Å². The zero-order chi connectivity index (χ0) is 9.38. The van der Waals surface area contributed by atoms with E-state index in [1.807, 2.05) is 6.07 Å². The number of nitrogens with zero attached hydrogens (tertiary/aromatic N) is 1. The first-order valence-electron chi connectivity index (χ1n) is 4.31. The fourth-order valence-corrected chi connectivity index (χ4v) is 3.03. The van der Waals surface area contributed by atoms with E-state index < -0.39 is 0 Å². The van der Waals surface area contributed by atoms with E-state index in [0.717, 1.165) is 0 Å². The molecule has 1 aliphatic heterocycles. The topological polar surface area (TPSA) is 15.3 Å². The lowest BCUT2D eigenvalue weighted by atomic mass is 10.3. The van der Waals surface area contributed by atoms with Crippen LogP contribution in [-0.4, -0.2) is 0 Å². The molecule has 3 rings (SSSR count). The molecule has 14 heavy (non-hydrogen) atoms. The molecule has 0 aliphatic carbocycles. The van der Waals surface area contributed by atoms with Gasteiger partial charge in [-0.15, -0.1) is 11.3 Å². The maximum absolute atomic E-state index is 3.34. The van der Waals surface area contributed by atoms with Crippen LogP contribution in [0.25, 0.3) is 0 Å². The van der Waals surface area contributed by atoms with Crippen molar-refractivity contribution in [1.82, 2.24) is 0 Å². The minimum atomic E-state index is 1.19. The Hall–Kier alpha value is -1.13. The average molecular weight is 220 g/mol. The maximum atomic E-state index is 3.34. The van der Waals surface area contributed by atoms with Crippen molar-refractivity contribution in [3.8, 4) is 0 Å². The van der Waals surface area contributed by atoms with Gasteiger partial charge < -0.3 is 0 Å². The second-order valence-electron chi connectivity index (χ2n) is 2.94. The lowest BCUT2D eigenvalue weighted by molar-refractivity contribution is 1.34. The zero-order valence-corrected chi connectivity index (χ0v) is 8.94. The van der Waals surface area contributed by atoms with Gasteiger partial charge in [0.05, 0.1) is 10.6 Å². The van der Waals surface area contributed by atoms with Gasteiger partial charge in [0.1, 0.15) is 5.00 Å². The number of thiophene rings is 1. The summed E-state index contributed by atoms with van der Waals surface area (Å²) in [6.45, 7) is 0. The van der Waals surface area contributed by atoms with E-state index in [1.165, 1.54) is 15.6 Å². The van der Waals surface area contributed by atoms with Gasteiger partial charge in [-0.25, -0.2) is 4.41 Å². The number of hydrogen-bond acceptors (Lipinski definition) is 4. The molecular weight excluding hydrogens is 212 g/mol. The van der Waals surface area contributed by atoms with Crippen LogP contribution in [0.2, 0.25) is 0 Å². The number of benzene rings is 1. The van der Waals surface area contributed by atoms with Crippen LogP contribution < -0.4 is 9.84 Å². The summed E-state index contributed by atoms with van der Waals surface area (Å²) >= 11 is 3.46. The van der Waals surface area contributed by atoms with Gasteiger partial charge in [-0.2, -0.15) is 0 Å². The van der Waals surface area contributed by atoms with Gasteiger partial charge in [0.25, 0.3) is 0 Å². The maximum Gasteiger partial charge on any atom is 0.123 e. The number of rotatable bonds is 1. The summed E-state index contributed by atoms with van der Waals surface area (Å²) in [5.41, 5.74) is 4.53. The van der Waals surface area contributed by atoms with Crippen LogP contribution in [0.3, 0.4) is 0 Å². The molecule has 2 aromatic rings. The summed E-state index contributed by atoms with van der Waals surface area (Å²) in [6, 6.07) is 12.5. The summed E-state index contributed by atoms with van der Waals surface area (Å²) in [4.78, 5) is 1.28. The van der Waals surface area contributed by atoms with Gasteiger partial charge in [0.2, 0.25) is 0 Å². The second kappa shape index (κ2) is 3.22. The van der Waals surface area contributed by atoms with Gasteiger partial charge in [-0.05, 0) is 29.6 Å². The SMILES string of the molecule is c1csc(N2Nc3ccccc3S2)c1. The van der Waals surface area contributed by atoms with Gasteiger partial charge in [0, 0.05) is 11.9 Å². The number of hydrazine groups is 1. The summed E-state index contributed by atoms with van der Waals surface area (Å²) in [6.07, 6.45) is 0. The molecule has 70 valence electrons. The highest BCUT2D eigenvalue weighted by molar-refractivity contribution is 8.01. The predicted molar refractivity (Wildman–Crippen MR) is 62.7 cm³/mol. The molecule has 0 amide bonds. The normalized spacial score (nSPS) is 13.9. The molecule has 0 bridgehead atoms. The van der Waals surface area contributed by atoms with E-state index in [0.29, 0.717) is 0 Å². The van der Waals surface area contributed by atoms with Crippen molar-refractivity contribution in [1.29, 1.82) is 0 Å². The fourth-order valence-electron chi connectivity index (χ4n) is 1.35. The summed E-state index contributed by atoms with van der Waals surface area (Å²) in [7, 11) is 0. The molecule has 1 N–H and O–H groups in total. The highest BCUT2D eigenvalue weighted by Gasteiger charge is 2.19. The molecule has 1 aromatic carbocycles. The summed E-state index contributed by atoms with van der Waals surface area (Å²) in [5.74, 6) is 0. The molecule has 0 fully saturated rings. The molecule has 1 aromatic heterocycles. The number of anilines is 2. The van der Waals surface area contributed by atoms with Crippen LogP contribution in [-0.2, 0) is 0 Å². The van der Waals surface area contributed by atoms with Crippen molar-refractivity contribution in [2.45, 2.75) is 4.90 Å². The molecule has 0 spiro atoms. The summed E-state index contributed by atoms with van der Waals surface area (Å²) < 4.78 is 2.09.